The molecule has 0 aliphatic carbocycles. The number of rotatable bonds is 7. The molecule has 2 aromatic carbocycles. The maximum absolute atomic E-state index is 14.2. The minimum atomic E-state index is -2.45. The van der Waals surface area contributed by atoms with E-state index < -0.39 is 15.5 Å². The summed E-state index contributed by atoms with van der Waals surface area (Å²) in [7, 11) is -0.891. The van der Waals surface area contributed by atoms with Gasteiger partial charge in [0.25, 0.3) is 0 Å². The minimum Gasteiger partial charge on any atom is -0.494 e. The number of ether oxygens (including phenoxy) is 4. The average molecular weight is 531 g/mol. The van der Waals surface area contributed by atoms with Crippen LogP contribution >= 0.6 is 0 Å². The molecule has 2 aliphatic rings. The topological polar surface area (TPSA) is 104 Å². The number of nitrogens with zero attached hydrogens (tertiary/aromatic N) is 2. The summed E-state index contributed by atoms with van der Waals surface area (Å²) < 4.78 is 53.9. The molecule has 0 spiro atoms. The molecule has 4 unspecified atom stereocenters. The normalized spacial score (nSPS) is 22.4. The van der Waals surface area contributed by atoms with E-state index in [9.17, 15) is 8.60 Å². The molecule has 3 heterocycles. The molecule has 5 rings (SSSR count). The maximum Gasteiger partial charge on any atom is 0.151 e. The monoisotopic (exact) mass is 530 g/mol. The number of aryl methyl sites for hydroxylation is 1. The third-order valence-corrected chi connectivity index (χ3v) is 8.97. The van der Waals surface area contributed by atoms with Gasteiger partial charge in [-0.1, -0.05) is 0 Å². The Morgan fingerprint density at radius 2 is 2.00 bits per heavy atom. The molecule has 9 nitrogen and oxygen atoms in total. The predicted molar refractivity (Wildman–Crippen MR) is 143 cm³/mol. The van der Waals surface area contributed by atoms with E-state index in [1.54, 1.807) is 25.5 Å². The molecule has 2 aliphatic heterocycles. The Labute approximate surface area is 215 Å². The van der Waals surface area contributed by atoms with E-state index in [2.05, 4.69) is 20.0 Å². The Balaban J connectivity index is 1.53. The number of hydrogen-bond acceptors (Lipinski definition) is 8. The number of halogens is 1. The number of anilines is 3. The second-order valence-electron chi connectivity index (χ2n) is 9.47. The van der Waals surface area contributed by atoms with Crippen LogP contribution in [-0.4, -0.2) is 63.9 Å². The summed E-state index contributed by atoms with van der Waals surface area (Å²) in [4.78, 5) is 9.67. The molecule has 0 bridgehead atoms. The van der Waals surface area contributed by atoms with Crippen molar-refractivity contribution in [3.63, 3.8) is 0 Å². The Morgan fingerprint density at radius 1 is 1.19 bits per heavy atom. The first kappa shape index (κ1) is 25.5. The lowest BCUT2D eigenvalue weighted by molar-refractivity contribution is 0.0310. The Hall–Kier alpha value is -3.15. The summed E-state index contributed by atoms with van der Waals surface area (Å²) in [6.45, 7) is 6.52. The molecule has 2 saturated heterocycles. The molecule has 0 saturated carbocycles. The fourth-order valence-corrected chi connectivity index (χ4v) is 5.44. The number of aromatic nitrogens is 2. The largest absolute Gasteiger partial charge is 0.494 e. The van der Waals surface area contributed by atoms with E-state index in [4.69, 9.17) is 18.9 Å². The SMILES string of the molecule is COc1c(NS(C)(=O)=C(C)C)cc2ncnc(Nc3ccc(F)cc3OC3COC4CCOC43)c2c1C. The summed E-state index contributed by atoms with van der Waals surface area (Å²) >= 11 is 0. The fourth-order valence-electron chi connectivity index (χ4n) is 4.66. The van der Waals surface area contributed by atoms with Gasteiger partial charge in [0.1, 0.15) is 35.6 Å². The van der Waals surface area contributed by atoms with Crippen LogP contribution in [0.15, 0.2) is 30.6 Å². The van der Waals surface area contributed by atoms with Crippen molar-refractivity contribution < 1.29 is 27.5 Å². The van der Waals surface area contributed by atoms with Crippen molar-refractivity contribution in [3.8, 4) is 11.5 Å². The van der Waals surface area contributed by atoms with E-state index in [0.717, 1.165) is 16.8 Å². The van der Waals surface area contributed by atoms with Crippen molar-refractivity contribution in [2.45, 2.75) is 45.5 Å². The lowest BCUT2D eigenvalue weighted by Crippen LogP contribution is -2.32. The average Bonchev–Trinajstić information content (AvgIpc) is 3.46. The van der Waals surface area contributed by atoms with Crippen molar-refractivity contribution in [1.82, 2.24) is 9.97 Å². The lowest BCUT2D eigenvalue weighted by atomic mass is 10.1. The smallest absolute Gasteiger partial charge is 0.151 e. The van der Waals surface area contributed by atoms with Crippen LogP contribution in [0.3, 0.4) is 0 Å². The van der Waals surface area contributed by atoms with Crippen LogP contribution in [0.25, 0.3) is 10.9 Å². The molecule has 1 aromatic heterocycles. The zero-order chi connectivity index (χ0) is 26.3. The van der Waals surface area contributed by atoms with Gasteiger partial charge in [0.15, 0.2) is 6.10 Å². The highest BCUT2D eigenvalue weighted by Crippen LogP contribution is 2.40. The van der Waals surface area contributed by atoms with E-state index in [0.29, 0.717) is 52.8 Å². The maximum atomic E-state index is 14.2. The van der Waals surface area contributed by atoms with Gasteiger partial charge in [-0.15, -0.1) is 0 Å². The van der Waals surface area contributed by atoms with Gasteiger partial charge in [0.2, 0.25) is 0 Å². The number of fused-ring (bicyclic) bond motifs is 2. The summed E-state index contributed by atoms with van der Waals surface area (Å²) in [6, 6.07) is 6.09. The molecule has 3 aromatic rings. The Bertz CT molecular complexity index is 1470. The summed E-state index contributed by atoms with van der Waals surface area (Å²) in [5, 5.41) is 4.00. The quantitative estimate of drug-likeness (QED) is 0.438. The molecule has 11 heteroatoms. The third kappa shape index (κ3) is 4.90. The van der Waals surface area contributed by atoms with Gasteiger partial charge in [-0.25, -0.2) is 18.6 Å². The van der Waals surface area contributed by atoms with Gasteiger partial charge < -0.3 is 29.0 Å². The number of nitrogens with one attached hydrogen (secondary N) is 2. The van der Waals surface area contributed by atoms with Crippen LogP contribution in [0.5, 0.6) is 11.5 Å². The van der Waals surface area contributed by atoms with Crippen LogP contribution in [-0.2, 0) is 19.2 Å². The summed E-state index contributed by atoms with van der Waals surface area (Å²) in [5.74, 6) is 0.941. The van der Waals surface area contributed by atoms with Gasteiger partial charge in [0, 0.05) is 39.6 Å². The lowest BCUT2D eigenvalue weighted by Gasteiger charge is -2.21. The predicted octanol–water partition coefficient (Wildman–Crippen LogP) is 4.22. The standard InChI is InChI=1S/C26H31FN4O5S/c1-14(2)37(5,32)31-19-11-18-23(15(3)24(19)33-4)26(29-13-28-18)30-17-7-6-16(27)10-21(17)36-22-12-35-20-8-9-34-25(20)22/h6-7,10-11,13,20,22,25H,8-9,12H2,1-5H3,(H,31,32)(H,28,29,30). The van der Waals surface area contributed by atoms with E-state index in [1.165, 1.54) is 18.5 Å². The van der Waals surface area contributed by atoms with Gasteiger partial charge in [-0.2, -0.15) is 0 Å². The van der Waals surface area contributed by atoms with Crippen molar-refractivity contribution in [2.24, 2.45) is 0 Å². The molecule has 4 atom stereocenters. The first-order valence-electron chi connectivity index (χ1n) is 12.0. The Kier molecular flexibility index (Phi) is 6.86. The van der Waals surface area contributed by atoms with E-state index >= 15 is 0 Å². The van der Waals surface area contributed by atoms with Gasteiger partial charge in [0.05, 0.1) is 36.7 Å². The van der Waals surface area contributed by atoms with Crippen molar-refractivity contribution in [1.29, 1.82) is 0 Å². The van der Waals surface area contributed by atoms with Crippen LogP contribution in [0.2, 0.25) is 0 Å². The summed E-state index contributed by atoms with van der Waals surface area (Å²) in [6.07, 6.45) is 3.41. The first-order valence-corrected chi connectivity index (χ1v) is 14.0. The second-order valence-corrected chi connectivity index (χ2v) is 12.2. The van der Waals surface area contributed by atoms with Gasteiger partial charge in [-0.3, -0.25) is 0 Å². The molecule has 0 amide bonds. The van der Waals surface area contributed by atoms with Gasteiger partial charge in [-0.05, 0) is 50.3 Å². The second kappa shape index (κ2) is 9.96. The molecule has 0 radical (unpaired) electrons. The molecule has 37 heavy (non-hydrogen) atoms. The molecular weight excluding hydrogens is 499 g/mol. The summed E-state index contributed by atoms with van der Waals surface area (Å²) in [5.41, 5.74) is 2.49. The number of methoxy groups -OCH3 is 1. The minimum absolute atomic E-state index is 0.00519. The van der Waals surface area contributed by atoms with Crippen molar-refractivity contribution in [3.05, 3.63) is 42.0 Å². The third-order valence-electron chi connectivity index (χ3n) is 6.80. The highest BCUT2D eigenvalue weighted by Gasteiger charge is 2.43. The Morgan fingerprint density at radius 3 is 2.76 bits per heavy atom. The van der Waals surface area contributed by atoms with Crippen molar-refractivity contribution >= 4 is 42.7 Å². The number of benzene rings is 2. The van der Waals surface area contributed by atoms with Crippen LogP contribution in [0.1, 0.15) is 25.8 Å². The van der Waals surface area contributed by atoms with Crippen molar-refractivity contribution in [2.75, 3.05) is 36.6 Å². The van der Waals surface area contributed by atoms with E-state index in [-0.39, 0.29) is 18.3 Å². The zero-order valence-electron chi connectivity index (χ0n) is 21.5. The highest BCUT2D eigenvalue weighted by molar-refractivity contribution is 8.02. The molecule has 198 valence electrons. The molecular formula is C26H31FN4O5S. The zero-order valence-corrected chi connectivity index (χ0v) is 22.3. The molecule has 2 fully saturated rings. The van der Waals surface area contributed by atoms with Gasteiger partial charge >= 0.3 is 0 Å². The van der Waals surface area contributed by atoms with Crippen LogP contribution < -0.4 is 19.5 Å². The van der Waals surface area contributed by atoms with Crippen LogP contribution in [0, 0.1) is 12.7 Å². The fraction of sp³-hybridized carbons (Fsp3) is 0.423. The molecule has 2 N–H and O–H groups in total. The number of hydrogen-bond donors (Lipinski definition) is 2. The van der Waals surface area contributed by atoms with Crippen LogP contribution in [0.4, 0.5) is 21.6 Å². The van der Waals surface area contributed by atoms with E-state index in [1.807, 2.05) is 20.8 Å². The first-order chi connectivity index (χ1) is 17.7. The highest BCUT2D eigenvalue weighted by atomic mass is 32.2.